The number of hydrogen-bond acceptors (Lipinski definition) is 3. The van der Waals surface area contributed by atoms with Gasteiger partial charge in [0, 0.05) is 66.8 Å². The summed E-state index contributed by atoms with van der Waals surface area (Å²) in [6.07, 6.45) is 0. The second-order valence-electron chi connectivity index (χ2n) is 24.3. The summed E-state index contributed by atoms with van der Waals surface area (Å²) in [5.74, 6) is 0. The highest BCUT2D eigenvalue weighted by Crippen LogP contribution is 2.55. The van der Waals surface area contributed by atoms with Crippen molar-refractivity contribution in [2.75, 3.05) is 9.80 Å². The SMILES string of the molecule is Cc1cc2c3c(c1)-n1c4c(c5cccc(c51)B3c1ccc(N(c3ccc(C(C)(C)C)cc3)c3ccc(C(C)(C)C)cc3)cc1N2c1cccc2c1oc1cc(C(C)(C)C)ccc12)C(C)(C)c1ccccc1-4. The molecule has 0 radical (unpaired) electrons. The van der Waals surface area contributed by atoms with Gasteiger partial charge in [0.05, 0.1) is 11.4 Å². The first-order valence-corrected chi connectivity index (χ1v) is 25.6. The minimum absolute atomic E-state index is 0.0136. The van der Waals surface area contributed by atoms with Crippen LogP contribution in [-0.2, 0) is 21.7 Å². The van der Waals surface area contributed by atoms with Crippen molar-refractivity contribution in [1.82, 2.24) is 4.57 Å². The Kier molecular flexibility index (Phi) is 9.04. The van der Waals surface area contributed by atoms with Crippen LogP contribution in [0.4, 0.5) is 34.1 Å². The van der Waals surface area contributed by atoms with Crippen molar-refractivity contribution in [3.8, 4) is 16.9 Å². The van der Waals surface area contributed by atoms with Crippen LogP contribution < -0.4 is 26.2 Å². The van der Waals surface area contributed by atoms with E-state index in [1.165, 1.54) is 83.3 Å². The summed E-state index contributed by atoms with van der Waals surface area (Å²) in [6, 6.07) is 60.3. The van der Waals surface area contributed by atoms with Crippen LogP contribution in [0.25, 0.3) is 49.8 Å². The van der Waals surface area contributed by atoms with Crippen molar-refractivity contribution in [1.29, 1.82) is 0 Å². The Hall–Kier alpha value is -7.24. The lowest BCUT2D eigenvalue weighted by molar-refractivity contribution is 0.587. The first-order valence-electron chi connectivity index (χ1n) is 25.6. The van der Waals surface area contributed by atoms with Crippen molar-refractivity contribution in [3.63, 3.8) is 0 Å². The number of furan rings is 1. The molecular weight excluding hydrogens is 862 g/mol. The van der Waals surface area contributed by atoms with Crippen LogP contribution in [0.3, 0.4) is 0 Å². The fourth-order valence-electron chi connectivity index (χ4n) is 12.6. The first kappa shape index (κ1) is 43.8. The van der Waals surface area contributed by atoms with E-state index >= 15 is 0 Å². The number of para-hydroxylation sites is 2. The molecule has 10 aromatic rings. The molecule has 0 spiro atoms. The van der Waals surface area contributed by atoms with Gasteiger partial charge in [-0.25, -0.2) is 0 Å². The summed E-state index contributed by atoms with van der Waals surface area (Å²) >= 11 is 0. The van der Waals surface area contributed by atoms with Crippen molar-refractivity contribution < 1.29 is 4.42 Å². The topological polar surface area (TPSA) is 24.6 Å². The third-order valence-corrected chi connectivity index (χ3v) is 16.3. The molecule has 0 amide bonds. The van der Waals surface area contributed by atoms with Crippen LogP contribution >= 0.6 is 0 Å². The Balaban J connectivity index is 1.12. The standard InChI is InChI=1S/C66H62BN3O/c1-39-35-55-59-56(36-39)70-60-49(58-61(70)48-17-13-14-20-50(48)66(58,11)12)19-15-21-52(60)67(59)51-34-32-45(68(43-28-23-40(24-29-43)63(2,3)4)44-30-25-41(26-31-44)64(5,6)7)38-54(51)69(55)53-22-16-18-47-46-33-27-42(65(8,9)10)37-57(46)71-62(47)53/h13-38H,1-12H3. The summed E-state index contributed by atoms with van der Waals surface area (Å²) in [5, 5.41) is 3.60. The maximum Gasteiger partial charge on any atom is 0.252 e. The van der Waals surface area contributed by atoms with E-state index in [9.17, 15) is 0 Å². The molecule has 0 unspecified atom stereocenters. The summed E-state index contributed by atoms with van der Waals surface area (Å²) < 4.78 is 9.83. The highest BCUT2D eigenvalue weighted by atomic mass is 16.3. The molecule has 2 aliphatic heterocycles. The minimum Gasteiger partial charge on any atom is -0.454 e. The van der Waals surface area contributed by atoms with Gasteiger partial charge in [-0.3, -0.25) is 0 Å². The molecule has 1 aliphatic carbocycles. The normalized spacial score (nSPS) is 14.5. The summed E-state index contributed by atoms with van der Waals surface area (Å²) in [7, 11) is 0. The molecule has 0 bridgehead atoms. The third kappa shape index (κ3) is 6.30. The smallest absolute Gasteiger partial charge is 0.252 e. The zero-order chi connectivity index (χ0) is 49.3. The van der Waals surface area contributed by atoms with E-state index in [1.807, 2.05) is 0 Å². The first-order chi connectivity index (χ1) is 33.8. The van der Waals surface area contributed by atoms with Gasteiger partial charge >= 0.3 is 0 Å². The molecule has 350 valence electrons. The van der Waals surface area contributed by atoms with Crippen LogP contribution in [-0.4, -0.2) is 11.3 Å². The molecule has 0 fully saturated rings. The highest BCUT2D eigenvalue weighted by molar-refractivity contribution is 7.00. The molecule has 13 rings (SSSR count). The van der Waals surface area contributed by atoms with Crippen LogP contribution in [0.1, 0.15) is 110 Å². The van der Waals surface area contributed by atoms with Gasteiger partial charge in [-0.1, -0.05) is 173 Å². The van der Waals surface area contributed by atoms with Gasteiger partial charge in [-0.05, 0) is 134 Å². The predicted molar refractivity (Wildman–Crippen MR) is 303 cm³/mol. The molecule has 3 aliphatic rings. The summed E-state index contributed by atoms with van der Waals surface area (Å²) in [5.41, 5.74) is 25.5. The number of anilines is 6. The lowest BCUT2D eigenvalue weighted by Gasteiger charge is -2.41. The molecule has 2 aromatic heterocycles. The van der Waals surface area contributed by atoms with Gasteiger partial charge in [0.2, 0.25) is 0 Å². The number of benzene rings is 8. The van der Waals surface area contributed by atoms with Gasteiger partial charge in [0.25, 0.3) is 6.71 Å². The van der Waals surface area contributed by atoms with E-state index < -0.39 is 0 Å². The van der Waals surface area contributed by atoms with Crippen LogP contribution in [0, 0.1) is 6.92 Å². The van der Waals surface area contributed by atoms with E-state index in [4.69, 9.17) is 4.42 Å². The van der Waals surface area contributed by atoms with Gasteiger partial charge in [-0.15, -0.1) is 0 Å². The highest BCUT2D eigenvalue weighted by Gasteiger charge is 2.47. The van der Waals surface area contributed by atoms with E-state index in [-0.39, 0.29) is 28.4 Å². The van der Waals surface area contributed by atoms with Crippen molar-refractivity contribution in [2.24, 2.45) is 0 Å². The Bertz CT molecular complexity index is 3810. The van der Waals surface area contributed by atoms with Crippen LogP contribution in [0.5, 0.6) is 0 Å². The van der Waals surface area contributed by atoms with Crippen molar-refractivity contribution >= 4 is 90.1 Å². The third-order valence-electron chi connectivity index (χ3n) is 16.3. The van der Waals surface area contributed by atoms with Gasteiger partial charge in [-0.2, -0.15) is 0 Å². The maximum absolute atomic E-state index is 7.18. The molecule has 0 saturated heterocycles. The monoisotopic (exact) mass is 923 g/mol. The molecule has 71 heavy (non-hydrogen) atoms. The average Bonchev–Trinajstić information content (AvgIpc) is 3.97. The molecule has 5 heteroatoms. The molecule has 4 nitrogen and oxygen atoms in total. The fraction of sp³-hybridized carbons (Fsp3) is 0.242. The Morgan fingerprint density at radius 2 is 1.11 bits per heavy atom. The second kappa shape index (κ2) is 14.7. The summed E-state index contributed by atoms with van der Waals surface area (Å²) in [6.45, 7) is 27.6. The van der Waals surface area contributed by atoms with E-state index in [0.29, 0.717) is 0 Å². The van der Waals surface area contributed by atoms with Gasteiger partial charge < -0.3 is 18.8 Å². The molecule has 4 heterocycles. The number of fused-ring (bicyclic) bond motifs is 12. The average molecular weight is 924 g/mol. The Labute approximate surface area is 419 Å². The number of rotatable bonds is 4. The number of hydrogen-bond donors (Lipinski definition) is 0. The molecule has 0 N–H and O–H groups in total. The largest absolute Gasteiger partial charge is 0.454 e. The number of aryl methyl sites for hydroxylation is 1. The lowest BCUT2D eigenvalue weighted by Crippen LogP contribution is -2.60. The van der Waals surface area contributed by atoms with Gasteiger partial charge in [0.1, 0.15) is 5.58 Å². The Morgan fingerprint density at radius 1 is 0.507 bits per heavy atom. The zero-order valence-corrected chi connectivity index (χ0v) is 43.3. The minimum atomic E-state index is -0.164. The van der Waals surface area contributed by atoms with Crippen molar-refractivity contribution in [3.05, 3.63) is 191 Å². The summed E-state index contributed by atoms with van der Waals surface area (Å²) in [4.78, 5) is 4.99. The molecule has 0 saturated carbocycles. The number of aromatic nitrogens is 1. The van der Waals surface area contributed by atoms with E-state index in [2.05, 4.69) is 255 Å². The fourth-order valence-corrected chi connectivity index (χ4v) is 12.6. The number of nitrogens with zero attached hydrogens (tertiary/aromatic N) is 3. The lowest BCUT2D eigenvalue weighted by atomic mass is 9.33. The van der Waals surface area contributed by atoms with Crippen molar-refractivity contribution in [2.45, 2.75) is 105 Å². The molecule has 8 aromatic carbocycles. The quantitative estimate of drug-likeness (QED) is 0.164. The Morgan fingerprint density at radius 3 is 1.79 bits per heavy atom. The zero-order valence-electron chi connectivity index (χ0n) is 43.3. The van der Waals surface area contributed by atoms with E-state index in [1.54, 1.807) is 0 Å². The molecular formula is C66H62BN3O. The van der Waals surface area contributed by atoms with E-state index in [0.717, 1.165) is 50.4 Å². The maximum atomic E-state index is 7.18. The van der Waals surface area contributed by atoms with Gasteiger partial charge in [0.15, 0.2) is 5.58 Å². The van der Waals surface area contributed by atoms with Crippen LogP contribution in [0.15, 0.2) is 162 Å². The molecule has 0 atom stereocenters. The predicted octanol–water partition coefficient (Wildman–Crippen LogP) is 16.1. The van der Waals surface area contributed by atoms with Crippen LogP contribution in [0.2, 0.25) is 0 Å². The second-order valence-corrected chi connectivity index (χ2v) is 24.3.